The number of pyridine rings is 1. The number of aromatic nitrogens is 3. The molecule has 0 radical (unpaired) electrons. The molecule has 4 nitrogen and oxygen atoms in total. The number of H-pyrrole nitrogens is 1. The van der Waals surface area contributed by atoms with E-state index in [1.165, 1.54) is 38.5 Å². The lowest BCUT2D eigenvalue weighted by Gasteiger charge is -2.56. The number of rotatable bonds is 6. The van der Waals surface area contributed by atoms with Gasteiger partial charge in [0.15, 0.2) is 0 Å². The topological polar surface area (TPSA) is 58.6 Å². The summed E-state index contributed by atoms with van der Waals surface area (Å²) in [5, 5.41) is 0.513. The van der Waals surface area contributed by atoms with Crippen LogP contribution in [0.15, 0.2) is 36.5 Å². The van der Waals surface area contributed by atoms with E-state index in [2.05, 4.69) is 27.1 Å². The molecule has 3 aromatic rings. The van der Waals surface area contributed by atoms with Crippen LogP contribution in [0.3, 0.4) is 0 Å². The van der Waals surface area contributed by atoms with Crippen LogP contribution in [0, 0.1) is 23.2 Å². The van der Waals surface area contributed by atoms with Crippen LogP contribution in [-0.2, 0) is 17.6 Å². The van der Waals surface area contributed by atoms with Gasteiger partial charge in [-0.15, -0.1) is 0 Å². The molecule has 4 bridgehead atoms. The van der Waals surface area contributed by atoms with Crippen LogP contribution in [0.4, 0.5) is 0 Å². The molecule has 31 heavy (non-hydrogen) atoms. The van der Waals surface area contributed by atoms with Crippen molar-refractivity contribution in [1.82, 2.24) is 15.0 Å². The molecular formula is C26H28ClN3O. The average Bonchev–Trinajstić information content (AvgIpc) is 3.10. The summed E-state index contributed by atoms with van der Waals surface area (Å²) < 4.78 is 0. The summed E-state index contributed by atoms with van der Waals surface area (Å²) in [7, 11) is 0. The van der Waals surface area contributed by atoms with Crippen LogP contribution in [0.5, 0.6) is 0 Å². The first-order valence-corrected chi connectivity index (χ1v) is 12.0. The van der Waals surface area contributed by atoms with Crippen LogP contribution >= 0.6 is 11.6 Å². The van der Waals surface area contributed by atoms with Crippen molar-refractivity contribution in [3.05, 3.63) is 58.6 Å². The molecule has 4 aliphatic rings. The Hall–Kier alpha value is -2.20. The summed E-state index contributed by atoms with van der Waals surface area (Å²) in [6.07, 6.45) is 11.8. The number of nitrogens with one attached hydrogen (secondary N) is 1. The molecule has 4 fully saturated rings. The maximum Gasteiger partial charge on any atom is 0.137 e. The second kappa shape index (κ2) is 7.44. The molecule has 7 rings (SSSR count). The minimum Gasteiger partial charge on any atom is -0.342 e. The van der Waals surface area contributed by atoms with Crippen molar-refractivity contribution >= 4 is 28.4 Å². The Morgan fingerprint density at radius 3 is 2.55 bits per heavy atom. The molecule has 0 atom stereocenters. The largest absolute Gasteiger partial charge is 0.342 e. The highest BCUT2D eigenvalue weighted by Crippen LogP contribution is 2.61. The Morgan fingerprint density at radius 2 is 1.84 bits per heavy atom. The molecule has 5 heteroatoms. The number of fused-ring (bicyclic) bond motifs is 1. The Morgan fingerprint density at radius 1 is 1.10 bits per heavy atom. The SMILES string of the molecule is O=C(Cc1ccc2nc(Cc3cccnc3Cl)[nH]c2c1)CC12CC3CC(CC(C3)C1)C2. The van der Waals surface area contributed by atoms with E-state index >= 15 is 0 Å². The van der Waals surface area contributed by atoms with Crippen LogP contribution in [0.25, 0.3) is 11.0 Å². The van der Waals surface area contributed by atoms with Gasteiger partial charge in [0.1, 0.15) is 16.8 Å². The van der Waals surface area contributed by atoms with E-state index in [9.17, 15) is 4.79 Å². The minimum atomic E-state index is 0.320. The number of nitrogens with zero attached hydrogens (tertiary/aromatic N) is 2. The molecule has 2 heterocycles. The highest BCUT2D eigenvalue weighted by Gasteiger charge is 2.51. The van der Waals surface area contributed by atoms with E-state index in [4.69, 9.17) is 11.6 Å². The van der Waals surface area contributed by atoms with Crippen LogP contribution in [0.1, 0.15) is 61.9 Å². The van der Waals surface area contributed by atoms with E-state index in [1.54, 1.807) is 6.20 Å². The number of carbonyl (C=O) groups excluding carboxylic acids is 1. The van der Waals surface area contributed by atoms with Gasteiger partial charge in [-0.2, -0.15) is 0 Å². The third-order valence-corrected chi connectivity index (χ3v) is 8.27. The standard InChI is InChI=1S/C26H28ClN3O/c27-25-20(2-1-5-28-25)11-24-29-22-4-3-16(10-23(22)30-24)9-21(31)15-26-12-17-6-18(13-26)8-19(7-17)14-26/h1-5,10,17-19H,6-9,11-15H2,(H,29,30). The van der Waals surface area contributed by atoms with Crippen molar-refractivity contribution in [3.8, 4) is 0 Å². The maximum atomic E-state index is 13.1. The average molecular weight is 434 g/mol. The molecule has 0 spiro atoms. The first-order valence-electron chi connectivity index (χ1n) is 11.6. The number of ketones is 1. The molecule has 0 aliphatic heterocycles. The van der Waals surface area contributed by atoms with Crippen LogP contribution < -0.4 is 0 Å². The first kappa shape index (κ1) is 19.5. The Bertz CT molecular complexity index is 1120. The van der Waals surface area contributed by atoms with Gasteiger partial charge < -0.3 is 4.98 Å². The van der Waals surface area contributed by atoms with E-state index in [1.807, 2.05) is 18.2 Å². The van der Waals surface area contributed by atoms with Gasteiger partial charge in [0.2, 0.25) is 0 Å². The summed E-state index contributed by atoms with van der Waals surface area (Å²) >= 11 is 6.19. The van der Waals surface area contributed by atoms with Crippen LogP contribution in [-0.4, -0.2) is 20.7 Å². The fraction of sp³-hybridized carbons (Fsp3) is 0.500. The molecule has 1 N–H and O–H groups in total. The van der Waals surface area contributed by atoms with Gasteiger partial charge in [0, 0.05) is 25.5 Å². The van der Waals surface area contributed by atoms with Gasteiger partial charge in [-0.1, -0.05) is 23.7 Å². The third-order valence-electron chi connectivity index (χ3n) is 7.93. The molecule has 0 unspecified atom stereocenters. The van der Waals surface area contributed by atoms with E-state index in [0.29, 0.717) is 29.2 Å². The number of Topliss-reactive ketones (excluding diaryl/α,β-unsaturated/α-hetero) is 1. The van der Waals surface area contributed by atoms with Crippen molar-refractivity contribution < 1.29 is 4.79 Å². The van der Waals surface area contributed by atoms with Crippen molar-refractivity contribution in [1.29, 1.82) is 0 Å². The van der Waals surface area contributed by atoms with Crippen molar-refractivity contribution in [2.75, 3.05) is 0 Å². The quantitative estimate of drug-likeness (QED) is 0.491. The van der Waals surface area contributed by atoms with E-state index in [0.717, 1.165) is 52.2 Å². The Balaban J connectivity index is 1.16. The van der Waals surface area contributed by atoms with Crippen LogP contribution in [0.2, 0.25) is 5.15 Å². The van der Waals surface area contributed by atoms with Gasteiger partial charge in [0.25, 0.3) is 0 Å². The minimum absolute atomic E-state index is 0.320. The molecule has 4 saturated carbocycles. The monoisotopic (exact) mass is 433 g/mol. The molecule has 2 aromatic heterocycles. The maximum absolute atomic E-state index is 13.1. The highest BCUT2D eigenvalue weighted by molar-refractivity contribution is 6.30. The molecule has 4 aliphatic carbocycles. The van der Waals surface area contributed by atoms with Crippen molar-refractivity contribution in [2.45, 2.75) is 57.8 Å². The zero-order chi connectivity index (χ0) is 21.0. The van der Waals surface area contributed by atoms with E-state index < -0.39 is 0 Å². The molecule has 0 saturated heterocycles. The van der Waals surface area contributed by atoms with Crippen molar-refractivity contribution in [2.24, 2.45) is 23.2 Å². The second-order valence-electron chi connectivity index (χ2n) is 10.5. The zero-order valence-corrected chi connectivity index (χ0v) is 18.5. The summed E-state index contributed by atoms with van der Waals surface area (Å²) in [4.78, 5) is 25.3. The predicted octanol–water partition coefficient (Wildman–Crippen LogP) is 5.92. The van der Waals surface area contributed by atoms with Gasteiger partial charge in [-0.3, -0.25) is 4.79 Å². The lowest BCUT2D eigenvalue weighted by molar-refractivity contribution is -0.126. The number of hydrogen-bond acceptors (Lipinski definition) is 3. The van der Waals surface area contributed by atoms with E-state index in [-0.39, 0.29) is 0 Å². The first-order chi connectivity index (χ1) is 15.0. The van der Waals surface area contributed by atoms with Gasteiger partial charge in [-0.25, -0.2) is 9.97 Å². The highest BCUT2D eigenvalue weighted by atomic mass is 35.5. The lowest BCUT2D eigenvalue weighted by Crippen LogP contribution is -2.47. The molecule has 1 aromatic carbocycles. The number of imidazole rings is 1. The summed E-state index contributed by atoms with van der Waals surface area (Å²) in [5.74, 6) is 3.96. The number of hydrogen-bond donors (Lipinski definition) is 1. The second-order valence-corrected chi connectivity index (χ2v) is 10.8. The third kappa shape index (κ3) is 3.80. The number of benzene rings is 1. The van der Waals surface area contributed by atoms with Crippen molar-refractivity contribution in [3.63, 3.8) is 0 Å². The summed E-state index contributed by atoms with van der Waals surface area (Å²) in [6.45, 7) is 0. The smallest absolute Gasteiger partial charge is 0.137 e. The Kier molecular flexibility index (Phi) is 4.68. The Labute approximate surface area is 187 Å². The fourth-order valence-electron chi connectivity index (χ4n) is 7.25. The number of aromatic amines is 1. The van der Waals surface area contributed by atoms with Gasteiger partial charge >= 0.3 is 0 Å². The summed E-state index contributed by atoms with van der Waals surface area (Å²) in [5.41, 5.74) is 4.26. The lowest BCUT2D eigenvalue weighted by atomic mass is 9.48. The molecular weight excluding hydrogens is 406 g/mol. The molecule has 0 amide bonds. The molecule has 160 valence electrons. The summed E-state index contributed by atoms with van der Waals surface area (Å²) in [6, 6.07) is 10.0. The fourth-order valence-corrected chi connectivity index (χ4v) is 7.44. The number of carbonyl (C=O) groups is 1. The van der Waals surface area contributed by atoms with Gasteiger partial charge in [-0.05, 0) is 91.0 Å². The normalized spacial score (nSPS) is 29.0. The predicted molar refractivity (Wildman–Crippen MR) is 122 cm³/mol. The number of halogens is 1. The van der Waals surface area contributed by atoms with Gasteiger partial charge in [0.05, 0.1) is 11.0 Å². The zero-order valence-electron chi connectivity index (χ0n) is 17.7.